The number of hydrogen-bond donors (Lipinski definition) is 0. The molecule has 7 nitrogen and oxygen atoms in total. The first-order chi connectivity index (χ1) is 22.7. The molecular weight excluding hydrogens is 675 g/mol. The molecule has 3 fully saturated rings. The molecule has 0 N–H and O–H groups in total. The molecule has 0 bridgehead atoms. The van der Waals surface area contributed by atoms with Crippen molar-refractivity contribution >= 4 is 41.0 Å². The summed E-state index contributed by atoms with van der Waals surface area (Å²) in [5, 5.41) is 1.08. The highest BCUT2D eigenvalue weighted by atomic mass is 35.5. The summed E-state index contributed by atoms with van der Waals surface area (Å²) in [5.74, 6) is -5.54. The summed E-state index contributed by atoms with van der Waals surface area (Å²) >= 11 is 12.7. The Morgan fingerprint density at radius 2 is 1.62 bits per heavy atom. The van der Waals surface area contributed by atoms with Crippen LogP contribution in [0.3, 0.4) is 0 Å². The summed E-state index contributed by atoms with van der Waals surface area (Å²) in [4.78, 5) is 40.3. The quantitative estimate of drug-likeness (QED) is 0.129. The van der Waals surface area contributed by atoms with Crippen LogP contribution in [0.1, 0.15) is 71.6 Å². The van der Waals surface area contributed by atoms with Crippen molar-refractivity contribution in [3.8, 4) is 5.75 Å². The van der Waals surface area contributed by atoms with Gasteiger partial charge in [0.15, 0.2) is 0 Å². The van der Waals surface area contributed by atoms with Crippen LogP contribution in [0.25, 0.3) is 0 Å². The van der Waals surface area contributed by atoms with Crippen molar-refractivity contribution < 1.29 is 41.4 Å². The van der Waals surface area contributed by atoms with Crippen LogP contribution in [-0.4, -0.2) is 66.1 Å². The van der Waals surface area contributed by atoms with E-state index in [0.29, 0.717) is 34.4 Å². The fraction of sp³-hybridized carbons (Fsp3) is 0.400. The predicted octanol–water partition coefficient (Wildman–Crippen LogP) is 7.74. The number of carbonyl (C=O) groups excluding carboxylic acids is 3. The van der Waals surface area contributed by atoms with Gasteiger partial charge in [-0.05, 0) is 72.6 Å². The largest absolute Gasteiger partial charge is 0.493 e. The van der Waals surface area contributed by atoms with E-state index < -0.39 is 35.9 Å². The summed E-state index contributed by atoms with van der Waals surface area (Å²) < 4.78 is 63.7. The molecule has 1 saturated carbocycles. The van der Waals surface area contributed by atoms with Crippen LogP contribution in [0.5, 0.6) is 5.75 Å². The van der Waals surface area contributed by atoms with Crippen molar-refractivity contribution in [2.45, 2.75) is 56.8 Å². The van der Waals surface area contributed by atoms with Crippen LogP contribution in [0.2, 0.25) is 10.0 Å². The lowest BCUT2D eigenvalue weighted by molar-refractivity contribution is -0.203. The number of alkyl halides is 3. The Hall–Kier alpha value is -3.67. The molecule has 3 aromatic carbocycles. The highest BCUT2D eigenvalue weighted by molar-refractivity contribution is 6.34. The van der Waals surface area contributed by atoms with Crippen molar-refractivity contribution in [3.05, 3.63) is 98.8 Å². The van der Waals surface area contributed by atoms with Crippen molar-refractivity contribution in [2.75, 3.05) is 26.2 Å². The Morgan fingerprint density at radius 3 is 2.25 bits per heavy atom. The molecule has 0 spiro atoms. The Morgan fingerprint density at radius 1 is 0.958 bits per heavy atom. The number of benzene rings is 3. The van der Waals surface area contributed by atoms with Crippen molar-refractivity contribution in [2.24, 2.45) is 5.41 Å². The molecule has 1 amide bonds. The SMILES string of the molecule is CC1(COc2cc(F)c(C(=O)N3CCC[C@H]3C(=O)OC(=O)C(F)(F)F)cc2C2CC2)CN(C(c2ccccc2)c2cc(Cl)cc(Cl)c2)C1. The van der Waals surface area contributed by atoms with Gasteiger partial charge in [0.2, 0.25) is 0 Å². The van der Waals surface area contributed by atoms with Crippen LogP contribution in [0, 0.1) is 11.2 Å². The summed E-state index contributed by atoms with van der Waals surface area (Å²) in [6.07, 6.45) is -3.47. The van der Waals surface area contributed by atoms with Gasteiger partial charge in [-0.25, -0.2) is 14.0 Å². The van der Waals surface area contributed by atoms with Gasteiger partial charge in [0.05, 0.1) is 18.2 Å². The second-order valence-corrected chi connectivity index (χ2v) is 13.9. The molecule has 2 atom stereocenters. The fourth-order valence-corrected chi connectivity index (χ4v) is 7.19. The zero-order valence-electron chi connectivity index (χ0n) is 25.9. The molecule has 2 saturated heterocycles. The van der Waals surface area contributed by atoms with Crippen LogP contribution >= 0.6 is 23.2 Å². The summed E-state index contributed by atoms with van der Waals surface area (Å²) in [5.41, 5.74) is 2.09. The highest BCUT2D eigenvalue weighted by Gasteiger charge is 2.46. The normalized spacial score (nSPS) is 19.8. The maximum absolute atomic E-state index is 15.6. The Balaban J connectivity index is 1.16. The minimum Gasteiger partial charge on any atom is -0.493 e. The van der Waals surface area contributed by atoms with Gasteiger partial charge in [0, 0.05) is 41.2 Å². The molecule has 2 heterocycles. The van der Waals surface area contributed by atoms with E-state index in [9.17, 15) is 27.6 Å². The molecule has 48 heavy (non-hydrogen) atoms. The summed E-state index contributed by atoms with van der Waals surface area (Å²) in [7, 11) is 0. The minimum absolute atomic E-state index is 0.00448. The molecule has 6 rings (SSSR count). The zero-order chi connectivity index (χ0) is 34.4. The third-order valence-electron chi connectivity index (χ3n) is 8.98. The van der Waals surface area contributed by atoms with E-state index in [1.54, 1.807) is 6.07 Å². The average Bonchev–Trinajstić information content (AvgIpc) is 3.73. The first-order valence-electron chi connectivity index (χ1n) is 15.6. The number of amides is 1. The van der Waals surface area contributed by atoms with Gasteiger partial charge in [0.1, 0.15) is 17.6 Å². The lowest BCUT2D eigenvalue weighted by Crippen LogP contribution is -2.58. The van der Waals surface area contributed by atoms with Gasteiger partial charge in [-0.1, -0.05) is 60.5 Å². The Kier molecular flexibility index (Phi) is 9.50. The van der Waals surface area contributed by atoms with E-state index in [-0.39, 0.29) is 48.9 Å². The second kappa shape index (κ2) is 13.3. The minimum atomic E-state index is -5.37. The molecule has 1 unspecified atom stereocenters. The van der Waals surface area contributed by atoms with Gasteiger partial charge in [-0.3, -0.25) is 9.69 Å². The average molecular weight is 708 g/mol. The van der Waals surface area contributed by atoms with Crippen LogP contribution in [0.4, 0.5) is 17.6 Å². The molecule has 1 aliphatic carbocycles. The Labute approximate surface area is 284 Å². The molecule has 254 valence electrons. The van der Waals surface area contributed by atoms with Gasteiger partial charge in [-0.2, -0.15) is 13.2 Å². The van der Waals surface area contributed by atoms with Crippen LogP contribution < -0.4 is 4.74 Å². The van der Waals surface area contributed by atoms with Crippen molar-refractivity contribution in [1.82, 2.24) is 9.80 Å². The van der Waals surface area contributed by atoms with Crippen LogP contribution in [-0.2, 0) is 14.3 Å². The van der Waals surface area contributed by atoms with E-state index >= 15 is 4.39 Å². The third-order valence-corrected chi connectivity index (χ3v) is 9.42. The molecule has 2 aliphatic heterocycles. The number of likely N-dealkylation sites (tertiary alicyclic amines) is 2. The van der Waals surface area contributed by atoms with Crippen LogP contribution in [0.15, 0.2) is 60.7 Å². The van der Waals surface area contributed by atoms with Gasteiger partial charge in [-0.15, -0.1) is 0 Å². The number of carbonyl (C=O) groups is 3. The number of rotatable bonds is 9. The molecule has 0 aromatic heterocycles. The number of esters is 2. The van der Waals surface area contributed by atoms with E-state index in [4.69, 9.17) is 27.9 Å². The van der Waals surface area contributed by atoms with Crippen molar-refractivity contribution in [3.63, 3.8) is 0 Å². The molecule has 3 aliphatic rings. The monoisotopic (exact) mass is 706 g/mol. The molecule has 13 heteroatoms. The predicted molar refractivity (Wildman–Crippen MR) is 170 cm³/mol. The zero-order valence-corrected chi connectivity index (χ0v) is 27.4. The lowest BCUT2D eigenvalue weighted by atomic mass is 9.79. The maximum Gasteiger partial charge on any atom is 0.491 e. The second-order valence-electron chi connectivity index (χ2n) is 13.0. The fourth-order valence-electron chi connectivity index (χ4n) is 6.64. The van der Waals surface area contributed by atoms with Gasteiger partial charge in [0.25, 0.3) is 5.91 Å². The van der Waals surface area contributed by atoms with Gasteiger partial charge >= 0.3 is 18.1 Å². The molecule has 3 aromatic rings. The Bertz CT molecular complexity index is 1710. The third kappa shape index (κ3) is 7.33. The standard InChI is InChI=1S/C35H32Cl2F4N2O5/c1-34(17-42(18-34)30(21-6-3-2-4-7-21)22-12-23(36)14-24(37)13-22)19-47-29-16-27(38)26(15-25(29)20-9-10-20)31(44)43-11-5-8-28(43)32(45)48-33(46)35(39,40)41/h2-4,6-7,12-16,20,28,30H,5,8-11,17-19H2,1H3/t28-,30?/m0/s1. The van der Waals surface area contributed by atoms with E-state index in [1.165, 1.54) is 6.07 Å². The topological polar surface area (TPSA) is 76.1 Å². The summed E-state index contributed by atoms with van der Waals surface area (Å²) in [6, 6.07) is 16.5. The first-order valence-corrected chi connectivity index (χ1v) is 16.3. The van der Waals surface area contributed by atoms with E-state index in [2.05, 4.69) is 28.7 Å². The van der Waals surface area contributed by atoms with Gasteiger partial charge < -0.3 is 14.4 Å². The summed E-state index contributed by atoms with van der Waals surface area (Å²) in [6.45, 7) is 3.68. The lowest BCUT2D eigenvalue weighted by Gasteiger charge is -2.51. The highest BCUT2D eigenvalue weighted by Crippen LogP contribution is 2.47. The maximum atomic E-state index is 15.6. The van der Waals surface area contributed by atoms with E-state index in [1.807, 2.05) is 30.3 Å². The van der Waals surface area contributed by atoms with Crippen molar-refractivity contribution in [1.29, 1.82) is 0 Å². The van der Waals surface area contributed by atoms with E-state index in [0.717, 1.165) is 34.9 Å². The smallest absolute Gasteiger partial charge is 0.491 e. The number of halogens is 6. The number of hydrogen-bond acceptors (Lipinski definition) is 6. The molecular formula is C35H32Cl2F4N2O5. The number of nitrogens with zero attached hydrogens (tertiary/aromatic N) is 2. The molecule has 0 radical (unpaired) electrons. The number of ether oxygens (including phenoxy) is 2. The first kappa shape index (κ1) is 34.2.